The molecule has 2 saturated carbocycles. The molecule has 1 N–H and O–H groups in total. The normalized spacial score (nSPS) is 28.4. The maximum Gasteiger partial charge on any atom is 0.223 e. The molecule has 1 amide bonds. The molecule has 0 heterocycles. The largest absolute Gasteiger partial charge is 0.497 e. The zero-order valence-electron chi connectivity index (χ0n) is 13.0. The molecule has 4 atom stereocenters. The van der Waals surface area contributed by atoms with Gasteiger partial charge < -0.3 is 10.1 Å². The van der Waals surface area contributed by atoms with Crippen molar-refractivity contribution in [1.82, 2.24) is 5.32 Å². The first kappa shape index (κ1) is 14.4. The smallest absolute Gasteiger partial charge is 0.223 e. The van der Waals surface area contributed by atoms with Crippen molar-refractivity contribution in [3.8, 4) is 5.75 Å². The van der Waals surface area contributed by atoms with Gasteiger partial charge in [-0.1, -0.05) is 25.5 Å². The molecule has 2 aliphatic carbocycles. The second-order valence-electron chi connectivity index (χ2n) is 6.52. The Bertz CT molecular complexity index is 496. The zero-order chi connectivity index (χ0) is 14.8. The van der Waals surface area contributed by atoms with E-state index in [0.717, 1.165) is 30.1 Å². The summed E-state index contributed by atoms with van der Waals surface area (Å²) in [6, 6.07) is 8.13. The fourth-order valence-electron chi connectivity index (χ4n) is 4.10. The standard InChI is InChI=1S/C18H25NO2/c1-3-17(13-6-8-15(21-2)9-7-13)19-18(20)16-11-12-4-5-14(16)10-12/h6-9,12,14,16-17H,3-5,10-11H2,1-2H3,(H,19,20). The molecule has 0 aromatic heterocycles. The van der Waals surface area contributed by atoms with Crippen LogP contribution >= 0.6 is 0 Å². The van der Waals surface area contributed by atoms with E-state index >= 15 is 0 Å². The number of hydrogen-bond acceptors (Lipinski definition) is 2. The van der Waals surface area contributed by atoms with Crippen LogP contribution in [0.25, 0.3) is 0 Å². The van der Waals surface area contributed by atoms with Gasteiger partial charge in [0.1, 0.15) is 5.75 Å². The molecule has 21 heavy (non-hydrogen) atoms. The molecule has 0 aliphatic heterocycles. The number of methoxy groups -OCH3 is 1. The Labute approximate surface area is 127 Å². The monoisotopic (exact) mass is 287 g/mol. The summed E-state index contributed by atoms with van der Waals surface area (Å²) < 4.78 is 5.19. The quantitative estimate of drug-likeness (QED) is 0.896. The topological polar surface area (TPSA) is 38.3 Å². The Morgan fingerprint density at radius 2 is 2.05 bits per heavy atom. The van der Waals surface area contributed by atoms with E-state index in [-0.39, 0.29) is 17.9 Å². The molecule has 1 aromatic rings. The molecular formula is C18H25NO2. The number of rotatable bonds is 5. The van der Waals surface area contributed by atoms with Crippen LogP contribution in [-0.2, 0) is 4.79 Å². The number of hydrogen-bond donors (Lipinski definition) is 1. The molecule has 3 heteroatoms. The van der Waals surface area contributed by atoms with E-state index in [0.29, 0.717) is 5.92 Å². The third-order valence-corrected chi connectivity index (χ3v) is 5.32. The van der Waals surface area contributed by atoms with Crippen molar-refractivity contribution in [2.45, 2.75) is 45.1 Å². The van der Waals surface area contributed by atoms with E-state index < -0.39 is 0 Å². The van der Waals surface area contributed by atoms with Gasteiger partial charge in [0, 0.05) is 5.92 Å². The predicted molar refractivity (Wildman–Crippen MR) is 83.1 cm³/mol. The molecule has 0 radical (unpaired) electrons. The Morgan fingerprint density at radius 3 is 2.57 bits per heavy atom. The molecule has 0 saturated heterocycles. The Hall–Kier alpha value is -1.51. The van der Waals surface area contributed by atoms with Gasteiger partial charge in [-0.15, -0.1) is 0 Å². The molecule has 3 nitrogen and oxygen atoms in total. The fraction of sp³-hybridized carbons (Fsp3) is 0.611. The molecule has 3 rings (SSSR count). The number of amides is 1. The maximum atomic E-state index is 12.6. The Morgan fingerprint density at radius 1 is 1.29 bits per heavy atom. The summed E-state index contributed by atoms with van der Waals surface area (Å²) in [5.74, 6) is 2.84. The minimum absolute atomic E-state index is 0.113. The van der Waals surface area contributed by atoms with E-state index in [2.05, 4.69) is 12.2 Å². The van der Waals surface area contributed by atoms with Gasteiger partial charge in [-0.05, 0) is 55.2 Å². The van der Waals surface area contributed by atoms with Crippen LogP contribution in [0, 0.1) is 17.8 Å². The molecular weight excluding hydrogens is 262 g/mol. The van der Waals surface area contributed by atoms with Gasteiger partial charge in [-0.25, -0.2) is 0 Å². The van der Waals surface area contributed by atoms with E-state index in [1.807, 2.05) is 24.3 Å². The van der Waals surface area contributed by atoms with Gasteiger partial charge in [0.25, 0.3) is 0 Å². The minimum Gasteiger partial charge on any atom is -0.497 e. The lowest BCUT2D eigenvalue weighted by atomic mass is 9.87. The number of benzene rings is 1. The highest BCUT2D eigenvalue weighted by Gasteiger charge is 2.43. The number of nitrogens with one attached hydrogen (secondary N) is 1. The number of ether oxygens (including phenoxy) is 1. The SMILES string of the molecule is CCC(NC(=O)C1CC2CCC1C2)c1ccc(OC)cc1. The first-order chi connectivity index (χ1) is 10.2. The van der Waals surface area contributed by atoms with E-state index in [4.69, 9.17) is 4.74 Å². The van der Waals surface area contributed by atoms with E-state index in [1.165, 1.54) is 19.3 Å². The first-order valence-electron chi connectivity index (χ1n) is 8.15. The van der Waals surface area contributed by atoms with Gasteiger partial charge in [-0.3, -0.25) is 4.79 Å². The third kappa shape index (κ3) is 2.92. The summed E-state index contributed by atoms with van der Waals surface area (Å²) in [4.78, 5) is 12.6. The van der Waals surface area contributed by atoms with Crippen molar-refractivity contribution in [3.05, 3.63) is 29.8 Å². The molecule has 2 aliphatic rings. The average molecular weight is 287 g/mol. The highest BCUT2D eigenvalue weighted by molar-refractivity contribution is 5.80. The van der Waals surface area contributed by atoms with Crippen LogP contribution in [0.2, 0.25) is 0 Å². The van der Waals surface area contributed by atoms with Gasteiger partial charge in [0.05, 0.1) is 13.2 Å². The van der Waals surface area contributed by atoms with Gasteiger partial charge in [0.15, 0.2) is 0 Å². The summed E-state index contributed by atoms with van der Waals surface area (Å²) in [5, 5.41) is 3.27. The molecule has 2 bridgehead atoms. The van der Waals surface area contributed by atoms with Crippen molar-refractivity contribution in [3.63, 3.8) is 0 Å². The lowest BCUT2D eigenvalue weighted by Crippen LogP contribution is -2.36. The Kier molecular flexibility index (Phi) is 4.18. The van der Waals surface area contributed by atoms with E-state index in [9.17, 15) is 4.79 Å². The van der Waals surface area contributed by atoms with E-state index in [1.54, 1.807) is 7.11 Å². The van der Waals surface area contributed by atoms with Crippen LogP contribution in [0.15, 0.2) is 24.3 Å². The fourth-order valence-corrected chi connectivity index (χ4v) is 4.10. The van der Waals surface area contributed by atoms with Crippen LogP contribution in [0.1, 0.15) is 50.6 Å². The highest BCUT2D eigenvalue weighted by Crippen LogP contribution is 2.48. The lowest BCUT2D eigenvalue weighted by molar-refractivity contribution is -0.127. The molecule has 1 aromatic carbocycles. The van der Waals surface area contributed by atoms with Crippen LogP contribution in [0.3, 0.4) is 0 Å². The summed E-state index contributed by atoms with van der Waals surface area (Å²) >= 11 is 0. The zero-order valence-corrected chi connectivity index (χ0v) is 13.0. The van der Waals surface area contributed by atoms with Crippen molar-refractivity contribution < 1.29 is 9.53 Å². The molecule has 4 unspecified atom stereocenters. The number of carbonyl (C=O) groups excluding carboxylic acids is 1. The van der Waals surface area contributed by atoms with Crippen molar-refractivity contribution in [1.29, 1.82) is 0 Å². The maximum absolute atomic E-state index is 12.6. The van der Waals surface area contributed by atoms with Gasteiger partial charge >= 0.3 is 0 Å². The minimum atomic E-state index is 0.113. The number of carbonyl (C=O) groups is 1. The van der Waals surface area contributed by atoms with Crippen molar-refractivity contribution >= 4 is 5.91 Å². The highest BCUT2D eigenvalue weighted by atomic mass is 16.5. The summed E-state index contributed by atoms with van der Waals surface area (Å²) in [5.41, 5.74) is 1.16. The molecule has 0 spiro atoms. The van der Waals surface area contributed by atoms with Crippen LogP contribution in [0.5, 0.6) is 5.75 Å². The van der Waals surface area contributed by atoms with Crippen molar-refractivity contribution in [2.75, 3.05) is 7.11 Å². The second kappa shape index (κ2) is 6.08. The number of fused-ring (bicyclic) bond motifs is 2. The van der Waals surface area contributed by atoms with Crippen LogP contribution in [-0.4, -0.2) is 13.0 Å². The second-order valence-corrected chi connectivity index (χ2v) is 6.52. The third-order valence-electron chi connectivity index (χ3n) is 5.32. The summed E-state index contributed by atoms with van der Waals surface area (Å²) in [6.45, 7) is 2.12. The lowest BCUT2D eigenvalue weighted by Gasteiger charge is -2.25. The van der Waals surface area contributed by atoms with Gasteiger partial charge in [0.2, 0.25) is 5.91 Å². The van der Waals surface area contributed by atoms with Crippen molar-refractivity contribution in [2.24, 2.45) is 17.8 Å². The molecule has 114 valence electrons. The Balaban J connectivity index is 1.64. The van der Waals surface area contributed by atoms with Gasteiger partial charge in [-0.2, -0.15) is 0 Å². The molecule has 2 fully saturated rings. The summed E-state index contributed by atoms with van der Waals surface area (Å²) in [7, 11) is 1.67. The van der Waals surface area contributed by atoms with Crippen LogP contribution < -0.4 is 10.1 Å². The predicted octanol–water partition coefficient (Wildman–Crippen LogP) is 3.70. The summed E-state index contributed by atoms with van der Waals surface area (Å²) in [6.07, 6.45) is 5.89. The van der Waals surface area contributed by atoms with Crippen LogP contribution in [0.4, 0.5) is 0 Å². The first-order valence-corrected chi connectivity index (χ1v) is 8.15. The average Bonchev–Trinajstić information content (AvgIpc) is 3.15.